The molecule has 98 valence electrons. The average molecular weight is 240 g/mol. The first-order valence-electron chi connectivity index (χ1n) is 6.78. The highest BCUT2D eigenvalue weighted by atomic mass is 16.5. The first-order valence-corrected chi connectivity index (χ1v) is 6.78. The van der Waals surface area contributed by atoms with Crippen molar-refractivity contribution in [2.75, 3.05) is 6.61 Å². The van der Waals surface area contributed by atoms with Crippen molar-refractivity contribution in [3.05, 3.63) is 0 Å². The lowest BCUT2D eigenvalue weighted by Gasteiger charge is -2.26. The van der Waals surface area contributed by atoms with Gasteiger partial charge in [0.1, 0.15) is 11.7 Å². The molecule has 0 aromatic heterocycles. The molecule has 0 saturated heterocycles. The zero-order valence-electron chi connectivity index (χ0n) is 11.2. The molecule has 0 heterocycles. The number of ketones is 1. The minimum Gasteiger partial charge on any atom is -0.465 e. The number of carbonyl (C=O) groups is 2. The van der Waals surface area contributed by atoms with E-state index in [-0.39, 0.29) is 23.6 Å². The number of carbonyl (C=O) groups excluding carboxylic acids is 2. The van der Waals surface area contributed by atoms with Crippen LogP contribution in [0, 0.1) is 17.8 Å². The molecule has 3 heteroatoms. The van der Waals surface area contributed by atoms with E-state index in [0.29, 0.717) is 6.61 Å². The maximum Gasteiger partial charge on any atom is 0.316 e. The van der Waals surface area contributed by atoms with Gasteiger partial charge in [-0.1, -0.05) is 33.1 Å². The van der Waals surface area contributed by atoms with Crippen LogP contribution in [0.15, 0.2) is 0 Å². The van der Waals surface area contributed by atoms with Crippen LogP contribution in [0.2, 0.25) is 0 Å². The van der Waals surface area contributed by atoms with Gasteiger partial charge in [-0.05, 0) is 25.7 Å². The molecule has 1 aliphatic rings. The quantitative estimate of drug-likeness (QED) is 0.548. The maximum atomic E-state index is 12.4. The zero-order valence-corrected chi connectivity index (χ0v) is 11.2. The number of hydrogen-bond donors (Lipinski definition) is 0. The first kappa shape index (κ1) is 14.2. The van der Waals surface area contributed by atoms with Crippen LogP contribution in [0.3, 0.4) is 0 Å². The Morgan fingerprint density at radius 3 is 2.24 bits per heavy atom. The summed E-state index contributed by atoms with van der Waals surface area (Å²) in [5, 5.41) is 0. The Labute approximate surface area is 104 Å². The van der Waals surface area contributed by atoms with Gasteiger partial charge in [-0.2, -0.15) is 0 Å². The molecular weight excluding hydrogens is 216 g/mol. The zero-order chi connectivity index (χ0) is 12.8. The van der Waals surface area contributed by atoms with Gasteiger partial charge in [0, 0.05) is 5.92 Å². The van der Waals surface area contributed by atoms with E-state index < -0.39 is 5.92 Å². The first-order chi connectivity index (χ1) is 8.07. The lowest BCUT2D eigenvalue weighted by Crippen LogP contribution is -2.35. The van der Waals surface area contributed by atoms with Crippen molar-refractivity contribution in [3.8, 4) is 0 Å². The van der Waals surface area contributed by atoms with Gasteiger partial charge in [0.2, 0.25) is 0 Å². The van der Waals surface area contributed by atoms with Crippen LogP contribution in [-0.4, -0.2) is 18.4 Å². The van der Waals surface area contributed by atoms with Crippen LogP contribution < -0.4 is 0 Å². The highest BCUT2D eigenvalue weighted by Gasteiger charge is 2.35. The molecule has 0 bridgehead atoms. The summed E-state index contributed by atoms with van der Waals surface area (Å²) in [5.74, 6) is -0.668. The summed E-state index contributed by atoms with van der Waals surface area (Å²) in [6, 6.07) is 0. The molecular formula is C14H24O3. The Bertz CT molecular complexity index is 265. The summed E-state index contributed by atoms with van der Waals surface area (Å²) in [6.07, 6.45) is 5.34. The third kappa shape index (κ3) is 3.83. The predicted molar refractivity (Wildman–Crippen MR) is 66.5 cm³/mol. The van der Waals surface area contributed by atoms with E-state index in [1.165, 1.54) is 6.42 Å². The number of ether oxygens (including phenoxy) is 1. The van der Waals surface area contributed by atoms with Crippen LogP contribution in [0.4, 0.5) is 0 Å². The number of hydrogen-bond acceptors (Lipinski definition) is 3. The smallest absolute Gasteiger partial charge is 0.316 e. The summed E-state index contributed by atoms with van der Waals surface area (Å²) in [6.45, 7) is 5.96. The lowest BCUT2D eigenvalue weighted by molar-refractivity contribution is -0.154. The van der Waals surface area contributed by atoms with Gasteiger partial charge in [-0.25, -0.2) is 0 Å². The van der Waals surface area contributed by atoms with E-state index in [1.54, 1.807) is 6.92 Å². The van der Waals surface area contributed by atoms with Crippen molar-refractivity contribution in [2.24, 2.45) is 17.8 Å². The molecule has 1 rings (SSSR count). The highest BCUT2D eigenvalue weighted by molar-refractivity contribution is 6.00. The van der Waals surface area contributed by atoms with E-state index >= 15 is 0 Å². The molecule has 1 fully saturated rings. The molecule has 1 unspecified atom stereocenters. The molecule has 0 N–H and O–H groups in total. The van der Waals surface area contributed by atoms with Crippen LogP contribution in [0.25, 0.3) is 0 Å². The molecule has 1 aliphatic carbocycles. The summed E-state index contributed by atoms with van der Waals surface area (Å²) < 4.78 is 5.02. The van der Waals surface area contributed by atoms with Gasteiger partial charge >= 0.3 is 5.97 Å². The summed E-state index contributed by atoms with van der Waals surface area (Å²) in [4.78, 5) is 24.2. The molecule has 0 radical (unpaired) electrons. The van der Waals surface area contributed by atoms with Crippen molar-refractivity contribution in [1.29, 1.82) is 0 Å². The fourth-order valence-electron chi connectivity index (χ4n) is 2.59. The predicted octanol–water partition coefficient (Wildman–Crippen LogP) is 2.97. The van der Waals surface area contributed by atoms with Crippen molar-refractivity contribution in [3.63, 3.8) is 0 Å². The molecule has 1 saturated carbocycles. The minimum atomic E-state index is -0.557. The summed E-state index contributed by atoms with van der Waals surface area (Å²) in [5.41, 5.74) is 0. The fourth-order valence-corrected chi connectivity index (χ4v) is 2.59. The highest BCUT2D eigenvalue weighted by Crippen LogP contribution is 2.29. The van der Waals surface area contributed by atoms with Gasteiger partial charge < -0.3 is 4.74 Å². The topological polar surface area (TPSA) is 43.4 Å². The third-order valence-corrected chi connectivity index (χ3v) is 3.52. The van der Waals surface area contributed by atoms with Crippen LogP contribution in [0.5, 0.6) is 0 Å². The molecule has 1 atom stereocenters. The Balaban J connectivity index is 2.68. The molecule has 17 heavy (non-hydrogen) atoms. The summed E-state index contributed by atoms with van der Waals surface area (Å²) >= 11 is 0. The maximum absolute atomic E-state index is 12.4. The normalized spacial score (nSPS) is 19.1. The molecule has 0 aromatic rings. The third-order valence-electron chi connectivity index (χ3n) is 3.52. The second kappa shape index (κ2) is 6.77. The van der Waals surface area contributed by atoms with Gasteiger partial charge in [0.25, 0.3) is 0 Å². The Morgan fingerprint density at radius 2 is 1.76 bits per heavy atom. The lowest BCUT2D eigenvalue weighted by atomic mass is 9.78. The summed E-state index contributed by atoms with van der Waals surface area (Å²) in [7, 11) is 0. The number of rotatable bonds is 5. The number of Topliss-reactive ketones (excluding diaryl/α,β-unsaturated/α-hetero) is 1. The average Bonchev–Trinajstić information content (AvgIpc) is 2.30. The van der Waals surface area contributed by atoms with Gasteiger partial charge in [0.15, 0.2) is 0 Å². The SMILES string of the molecule is CCOC(=O)C(C(=O)C1CCCCC1)C(C)C. The molecule has 0 aromatic carbocycles. The second-order valence-corrected chi connectivity index (χ2v) is 5.21. The van der Waals surface area contributed by atoms with Crippen molar-refractivity contribution >= 4 is 11.8 Å². The van der Waals surface area contributed by atoms with Crippen molar-refractivity contribution < 1.29 is 14.3 Å². The van der Waals surface area contributed by atoms with Gasteiger partial charge in [0.05, 0.1) is 6.61 Å². The van der Waals surface area contributed by atoms with Gasteiger partial charge in [-0.15, -0.1) is 0 Å². The van der Waals surface area contributed by atoms with Crippen LogP contribution in [-0.2, 0) is 14.3 Å². The van der Waals surface area contributed by atoms with Crippen LogP contribution >= 0.6 is 0 Å². The van der Waals surface area contributed by atoms with E-state index in [9.17, 15) is 9.59 Å². The Hall–Kier alpha value is -0.860. The van der Waals surface area contributed by atoms with E-state index in [4.69, 9.17) is 4.74 Å². The second-order valence-electron chi connectivity index (χ2n) is 5.21. The fraction of sp³-hybridized carbons (Fsp3) is 0.857. The molecule has 3 nitrogen and oxygen atoms in total. The van der Waals surface area contributed by atoms with E-state index in [0.717, 1.165) is 25.7 Å². The van der Waals surface area contributed by atoms with Crippen molar-refractivity contribution in [2.45, 2.75) is 52.9 Å². The van der Waals surface area contributed by atoms with Crippen molar-refractivity contribution in [1.82, 2.24) is 0 Å². The monoisotopic (exact) mass is 240 g/mol. The largest absolute Gasteiger partial charge is 0.465 e. The molecule has 0 aliphatic heterocycles. The van der Waals surface area contributed by atoms with Crippen LogP contribution in [0.1, 0.15) is 52.9 Å². The number of esters is 1. The molecule has 0 amide bonds. The minimum absolute atomic E-state index is 0.0310. The molecule has 0 spiro atoms. The van der Waals surface area contributed by atoms with Gasteiger partial charge in [-0.3, -0.25) is 9.59 Å². The Morgan fingerprint density at radius 1 is 1.18 bits per heavy atom. The Kier molecular flexibility index (Phi) is 5.66. The standard InChI is InChI=1S/C14H24O3/c1-4-17-14(16)12(10(2)3)13(15)11-8-6-5-7-9-11/h10-12H,4-9H2,1-3H3. The van der Waals surface area contributed by atoms with E-state index in [2.05, 4.69) is 0 Å². The van der Waals surface area contributed by atoms with E-state index in [1.807, 2.05) is 13.8 Å².